The van der Waals surface area contributed by atoms with Gasteiger partial charge in [-0.2, -0.15) is 0 Å². The zero-order valence-corrected chi connectivity index (χ0v) is 14.1. The van der Waals surface area contributed by atoms with E-state index in [1.165, 1.54) is 10.4 Å². The monoisotopic (exact) mass is 308 g/mol. The maximum atomic E-state index is 12.8. The van der Waals surface area contributed by atoms with Crippen molar-refractivity contribution in [3.05, 3.63) is 21.4 Å². The Morgan fingerprint density at radius 2 is 2.14 bits per heavy atom. The molecule has 5 heteroatoms. The lowest BCUT2D eigenvalue weighted by molar-refractivity contribution is -0.133. The van der Waals surface area contributed by atoms with Crippen LogP contribution in [0, 0.1) is 0 Å². The number of aryl methyl sites for hydroxylation is 2. The highest BCUT2D eigenvalue weighted by Crippen LogP contribution is 2.28. The van der Waals surface area contributed by atoms with Crippen LogP contribution >= 0.6 is 11.3 Å². The smallest absolute Gasteiger partial charge is 0.264 e. The highest BCUT2D eigenvalue weighted by Gasteiger charge is 2.41. The molecule has 1 aliphatic heterocycles. The zero-order chi connectivity index (χ0) is 15.6. The number of hydrogen-bond donors (Lipinski definition) is 1. The van der Waals surface area contributed by atoms with Crippen LogP contribution in [0.3, 0.4) is 0 Å². The normalized spacial score (nSPS) is 17.7. The number of piperazine rings is 1. The zero-order valence-electron chi connectivity index (χ0n) is 13.3. The first kappa shape index (κ1) is 16.0. The molecule has 0 saturated carbocycles. The number of rotatable bonds is 4. The first-order valence-electron chi connectivity index (χ1n) is 7.63. The van der Waals surface area contributed by atoms with Crippen molar-refractivity contribution in [2.75, 3.05) is 13.1 Å². The fourth-order valence-electron chi connectivity index (χ4n) is 2.70. The third-order valence-electron chi connectivity index (χ3n) is 4.06. The molecule has 0 spiro atoms. The van der Waals surface area contributed by atoms with Gasteiger partial charge < -0.3 is 10.2 Å². The Hall–Kier alpha value is -1.36. The predicted octanol–water partition coefficient (Wildman–Crippen LogP) is 2.61. The van der Waals surface area contributed by atoms with Crippen LogP contribution in [0.1, 0.15) is 54.2 Å². The summed E-state index contributed by atoms with van der Waals surface area (Å²) in [6, 6.07) is 2.01. The van der Waals surface area contributed by atoms with E-state index in [4.69, 9.17) is 0 Å². The molecule has 2 heterocycles. The Morgan fingerprint density at radius 1 is 1.43 bits per heavy atom. The number of amides is 2. The van der Waals surface area contributed by atoms with Crippen LogP contribution in [0.15, 0.2) is 6.07 Å². The number of carbonyl (C=O) groups excluding carboxylic acids is 2. The molecule has 1 aromatic rings. The van der Waals surface area contributed by atoms with Gasteiger partial charge in [-0.05, 0) is 38.3 Å². The summed E-state index contributed by atoms with van der Waals surface area (Å²) < 4.78 is 0. The molecule has 1 aromatic heterocycles. The predicted molar refractivity (Wildman–Crippen MR) is 85.8 cm³/mol. The maximum Gasteiger partial charge on any atom is 0.264 e. The van der Waals surface area contributed by atoms with Gasteiger partial charge >= 0.3 is 0 Å². The Kier molecular flexibility index (Phi) is 4.71. The molecule has 1 aliphatic rings. The van der Waals surface area contributed by atoms with Gasteiger partial charge in [0, 0.05) is 18.0 Å². The highest BCUT2D eigenvalue weighted by atomic mass is 32.1. The van der Waals surface area contributed by atoms with Gasteiger partial charge in [-0.1, -0.05) is 20.3 Å². The van der Waals surface area contributed by atoms with Crippen LogP contribution in [-0.2, 0) is 17.6 Å². The van der Waals surface area contributed by atoms with Gasteiger partial charge in [-0.3, -0.25) is 9.59 Å². The van der Waals surface area contributed by atoms with E-state index in [1.807, 2.05) is 6.07 Å². The molecule has 2 rings (SSSR count). The molecule has 0 aromatic carbocycles. The fourth-order valence-corrected chi connectivity index (χ4v) is 4.00. The van der Waals surface area contributed by atoms with Crippen LogP contribution in [0.5, 0.6) is 0 Å². The van der Waals surface area contributed by atoms with Crippen molar-refractivity contribution in [3.63, 3.8) is 0 Å². The Bertz CT molecular complexity index is 548. The summed E-state index contributed by atoms with van der Waals surface area (Å²) in [7, 11) is 0. The molecule has 0 bridgehead atoms. The van der Waals surface area contributed by atoms with Crippen LogP contribution in [-0.4, -0.2) is 35.3 Å². The van der Waals surface area contributed by atoms with E-state index >= 15 is 0 Å². The molecule has 2 amide bonds. The third kappa shape index (κ3) is 2.98. The Morgan fingerprint density at radius 3 is 2.76 bits per heavy atom. The van der Waals surface area contributed by atoms with Crippen molar-refractivity contribution in [3.8, 4) is 0 Å². The van der Waals surface area contributed by atoms with Gasteiger partial charge in [-0.25, -0.2) is 0 Å². The van der Waals surface area contributed by atoms with Crippen LogP contribution in [0.2, 0.25) is 0 Å². The molecule has 1 N–H and O–H groups in total. The molecule has 4 nitrogen and oxygen atoms in total. The van der Waals surface area contributed by atoms with Crippen LogP contribution < -0.4 is 5.32 Å². The molecule has 0 radical (unpaired) electrons. The number of thiophene rings is 1. The van der Waals surface area contributed by atoms with Gasteiger partial charge in [0.2, 0.25) is 5.91 Å². The SMILES string of the molecule is CCCc1sc(C(=O)N2CCNC(=O)C2(C)C)cc1CC. The molecule has 21 heavy (non-hydrogen) atoms. The number of hydrogen-bond acceptors (Lipinski definition) is 3. The van der Waals surface area contributed by atoms with Gasteiger partial charge in [-0.15, -0.1) is 11.3 Å². The van der Waals surface area contributed by atoms with Crippen molar-refractivity contribution >= 4 is 23.2 Å². The summed E-state index contributed by atoms with van der Waals surface area (Å²) in [5.41, 5.74) is 0.487. The first-order chi connectivity index (χ1) is 9.91. The second kappa shape index (κ2) is 6.18. The van der Waals surface area contributed by atoms with E-state index in [2.05, 4.69) is 19.2 Å². The minimum atomic E-state index is -0.781. The summed E-state index contributed by atoms with van der Waals surface area (Å²) in [6.45, 7) is 8.98. The van der Waals surface area contributed by atoms with Crippen molar-refractivity contribution in [1.82, 2.24) is 10.2 Å². The number of nitrogens with one attached hydrogen (secondary N) is 1. The molecular weight excluding hydrogens is 284 g/mol. The lowest BCUT2D eigenvalue weighted by Gasteiger charge is -2.40. The maximum absolute atomic E-state index is 12.8. The standard InChI is InChI=1S/C16H24N2O2S/c1-5-7-12-11(6-2)10-13(21-12)14(19)18-9-8-17-15(20)16(18,3)4/h10H,5-9H2,1-4H3,(H,17,20). The topological polar surface area (TPSA) is 49.4 Å². The fraction of sp³-hybridized carbons (Fsp3) is 0.625. The van der Waals surface area contributed by atoms with Crippen LogP contribution in [0.4, 0.5) is 0 Å². The average Bonchev–Trinajstić information content (AvgIpc) is 2.85. The lowest BCUT2D eigenvalue weighted by Crippen LogP contribution is -2.63. The summed E-state index contributed by atoms with van der Waals surface area (Å²) in [5, 5.41) is 2.83. The van der Waals surface area contributed by atoms with E-state index in [-0.39, 0.29) is 11.8 Å². The van der Waals surface area contributed by atoms with Gasteiger partial charge in [0.05, 0.1) is 4.88 Å². The van der Waals surface area contributed by atoms with E-state index in [0.29, 0.717) is 13.1 Å². The summed E-state index contributed by atoms with van der Waals surface area (Å²) in [5.74, 6) is -0.0972. The van der Waals surface area contributed by atoms with Crippen molar-refractivity contribution < 1.29 is 9.59 Å². The van der Waals surface area contributed by atoms with Crippen LogP contribution in [0.25, 0.3) is 0 Å². The van der Waals surface area contributed by atoms with Gasteiger partial charge in [0.1, 0.15) is 5.54 Å². The molecule has 0 unspecified atom stereocenters. The van der Waals surface area contributed by atoms with E-state index in [9.17, 15) is 9.59 Å². The van der Waals surface area contributed by atoms with Gasteiger partial charge in [0.15, 0.2) is 0 Å². The minimum absolute atomic E-state index is 0.0168. The van der Waals surface area contributed by atoms with Crippen molar-refractivity contribution in [2.24, 2.45) is 0 Å². The number of nitrogens with zero attached hydrogens (tertiary/aromatic N) is 1. The quantitative estimate of drug-likeness (QED) is 0.929. The number of carbonyl (C=O) groups is 2. The Labute approximate surface area is 130 Å². The van der Waals surface area contributed by atoms with E-state index in [1.54, 1.807) is 30.1 Å². The molecular formula is C16H24N2O2S. The summed E-state index contributed by atoms with van der Waals surface area (Å²) in [4.78, 5) is 28.6. The highest BCUT2D eigenvalue weighted by molar-refractivity contribution is 7.14. The first-order valence-corrected chi connectivity index (χ1v) is 8.45. The summed E-state index contributed by atoms with van der Waals surface area (Å²) >= 11 is 1.59. The molecule has 1 fully saturated rings. The third-order valence-corrected chi connectivity index (χ3v) is 5.29. The molecule has 0 atom stereocenters. The second-order valence-corrected chi connectivity index (χ2v) is 7.07. The van der Waals surface area contributed by atoms with Crippen molar-refractivity contribution in [2.45, 2.75) is 52.5 Å². The van der Waals surface area contributed by atoms with E-state index in [0.717, 1.165) is 24.1 Å². The van der Waals surface area contributed by atoms with Crippen molar-refractivity contribution in [1.29, 1.82) is 0 Å². The second-order valence-electron chi connectivity index (χ2n) is 5.93. The molecule has 116 valence electrons. The van der Waals surface area contributed by atoms with Gasteiger partial charge in [0.25, 0.3) is 5.91 Å². The summed E-state index contributed by atoms with van der Waals surface area (Å²) in [6.07, 6.45) is 3.05. The minimum Gasteiger partial charge on any atom is -0.352 e. The molecule has 0 aliphatic carbocycles. The lowest BCUT2D eigenvalue weighted by atomic mass is 9.98. The largest absolute Gasteiger partial charge is 0.352 e. The van der Waals surface area contributed by atoms with E-state index < -0.39 is 5.54 Å². The molecule has 1 saturated heterocycles. The Balaban J connectivity index is 2.29. The average molecular weight is 308 g/mol.